The predicted molar refractivity (Wildman–Crippen MR) is 93.8 cm³/mol. The summed E-state index contributed by atoms with van der Waals surface area (Å²) in [7, 11) is 1.85. The van der Waals surface area contributed by atoms with Crippen LogP contribution in [0.1, 0.15) is 64.2 Å². The monoisotopic (exact) mass is 338 g/mol. The molecule has 1 saturated carbocycles. The van der Waals surface area contributed by atoms with E-state index >= 15 is 0 Å². The summed E-state index contributed by atoms with van der Waals surface area (Å²) in [4.78, 5) is 14.3. The minimum atomic E-state index is -0.799. The number of amides is 1. The summed E-state index contributed by atoms with van der Waals surface area (Å²) >= 11 is 0. The zero-order valence-electron chi connectivity index (χ0n) is 15.2. The molecular formula is C19H34N2O3. The van der Waals surface area contributed by atoms with Gasteiger partial charge in [-0.05, 0) is 44.7 Å². The Hall–Kier alpha value is -0.650. The third kappa shape index (κ3) is 4.50. The first-order chi connectivity index (χ1) is 11.5. The lowest BCUT2D eigenvalue weighted by Crippen LogP contribution is -2.57. The lowest BCUT2D eigenvalue weighted by Gasteiger charge is -2.48. The van der Waals surface area contributed by atoms with E-state index in [-0.39, 0.29) is 11.5 Å². The SMILES string of the molecule is CN(CC1(O)CCOC2(CCNCC2)C1)C(=O)CC1CCCCC1. The molecule has 0 bridgehead atoms. The first-order valence-corrected chi connectivity index (χ1v) is 9.81. The Labute approximate surface area is 146 Å². The summed E-state index contributed by atoms with van der Waals surface area (Å²) in [5.41, 5.74) is -0.988. The zero-order valence-corrected chi connectivity index (χ0v) is 15.2. The van der Waals surface area contributed by atoms with Gasteiger partial charge < -0.3 is 20.1 Å². The number of hydrogen-bond acceptors (Lipinski definition) is 4. The fourth-order valence-electron chi connectivity index (χ4n) is 4.86. The van der Waals surface area contributed by atoms with Gasteiger partial charge in [0.25, 0.3) is 0 Å². The molecule has 138 valence electrons. The summed E-state index contributed by atoms with van der Waals surface area (Å²) in [6.45, 7) is 2.94. The first kappa shape index (κ1) is 18.2. The van der Waals surface area contributed by atoms with E-state index in [0.29, 0.717) is 38.3 Å². The van der Waals surface area contributed by atoms with Crippen molar-refractivity contribution in [3.05, 3.63) is 0 Å². The van der Waals surface area contributed by atoms with Crippen molar-refractivity contribution in [1.82, 2.24) is 10.2 Å². The van der Waals surface area contributed by atoms with E-state index in [9.17, 15) is 9.90 Å². The number of carbonyl (C=O) groups excluding carboxylic acids is 1. The fourth-order valence-corrected chi connectivity index (χ4v) is 4.86. The smallest absolute Gasteiger partial charge is 0.222 e. The van der Waals surface area contributed by atoms with E-state index in [1.54, 1.807) is 4.90 Å². The second-order valence-electron chi connectivity index (χ2n) is 8.39. The van der Waals surface area contributed by atoms with Gasteiger partial charge in [0.1, 0.15) is 0 Å². The number of ether oxygens (including phenoxy) is 1. The highest BCUT2D eigenvalue weighted by Gasteiger charge is 2.46. The number of likely N-dealkylation sites (N-methyl/N-ethyl adjacent to an activating group) is 1. The minimum absolute atomic E-state index is 0.189. The number of aliphatic hydroxyl groups is 1. The highest BCUT2D eigenvalue weighted by molar-refractivity contribution is 5.76. The number of hydrogen-bond donors (Lipinski definition) is 2. The summed E-state index contributed by atoms with van der Waals surface area (Å²) in [6.07, 6.45) is 10.1. The van der Waals surface area contributed by atoms with Gasteiger partial charge in [-0.25, -0.2) is 0 Å². The summed E-state index contributed by atoms with van der Waals surface area (Å²) in [5, 5.41) is 14.5. The molecular weight excluding hydrogens is 304 g/mol. The Morgan fingerprint density at radius 2 is 1.92 bits per heavy atom. The van der Waals surface area contributed by atoms with Crippen LogP contribution in [0.15, 0.2) is 0 Å². The molecule has 1 spiro atoms. The number of nitrogens with one attached hydrogen (secondary N) is 1. The average molecular weight is 338 g/mol. The molecule has 24 heavy (non-hydrogen) atoms. The summed E-state index contributed by atoms with van der Waals surface area (Å²) < 4.78 is 6.06. The van der Waals surface area contributed by atoms with E-state index in [1.165, 1.54) is 32.1 Å². The Morgan fingerprint density at radius 3 is 2.62 bits per heavy atom. The number of rotatable bonds is 4. The van der Waals surface area contributed by atoms with E-state index in [4.69, 9.17) is 4.74 Å². The molecule has 1 unspecified atom stereocenters. The molecule has 5 heteroatoms. The van der Waals surface area contributed by atoms with Crippen LogP contribution in [0.2, 0.25) is 0 Å². The van der Waals surface area contributed by atoms with Crippen molar-refractivity contribution in [1.29, 1.82) is 0 Å². The molecule has 1 atom stereocenters. The van der Waals surface area contributed by atoms with Gasteiger partial charge in [-0.2, -0.15) is 0 Å². The lowest BCUT2D eigenvalue weighted by molar-refractivity contribution is -0.178. The van der Waals surface area contributed by atoms with E-state index in [1.807, 2.05) is 7.05 Å². The van der Waals surface area contributed by atoms with Crippen LogP contribution in [-0.2, 0) is 9.53 Å². The van der Waals surface area contributed by atoms with Crippen molar-refractivity contribution in [3.8, 4) is 0 Å². The van der Waals surface area contributed by atoms with Crippen molar-refractivity contribution >= 4 is 5.91 Å². The highest BCUT2D eigenvalue weighted by atomic mass is 16.5. The number of piperidine rings is 1. The van der Waals surface area contributed by atoms with Crippen LogP contribution in [0.3, 0.4) is 0 Å². The molecule has 5 nitrogen and oxygen atoms in total. The molecule has 1 aliphatic carbocycles. The van der Waals surface area contributed by atoms with Crippen LogP contribution < -0.4 is 5.32 Å². The molecule has 2 heterocycles. The second-order valence-corrected chi connectivity index (χ2v) is 8.39. The molecule has 0 radical (unpaired) electrons. The third-order valence-corrected chi connectivity index (χ3v) is 6.29. The molecule has 3 rings (SSSR count). The van der Waals surface area contributed by atoms with Gasteiger partial charge in [0, 0.05) is 32.9 Å². The van der Waals surface area contributed by atoms with Gasteiger partial charge in [0.2, 0.25) is 5.91 Å². The van der Waals surface area contributed by atoms with Crippen LogP contribution >= 0.6 is 0 Å². The van der Waals surface area contributed by atoms with Crippen molar-refractivity contribution in [2.45, 2.75) is 75.4 Å². The molecule has 0 aromatic carbocycles. The summed E-state index contributed by atoms with van der Waals surface area (Å²) in [6, 6.07) is 0. The third-order valence-electron chi connectivity index (χ3n) is 6.29. The average Bonchev–Trinajstić information content (AvgIpc) is 2.56. The van der Waals surface area contributed by atoms with E-state index in [0.717, 1.165) is 25.9 Å². The summed E-state index contributed by atoms with van der Waals surface area (Å²) in [5.74, 6) is 0.745. The highest BCUT2D eigenvalue weighted by Crippen LogP contribution is 2.38. The topological polar surface area (TPSA) is 61.8 Å². The Morgan fingerprint density at radius 1 is 1.21 bits per heavy atom. The predicted octanol–water partition coefficient (Wildman–Crippen LogP) is 2.08. The van der Waals surface area contributed by atoms with Gasteiger partial charge in [0.05, 0.1) is 17.8 Å². The van der Waals surface area contributed by atoms with Crippen LogP contribution in [0.5, 0.6) is 0 Å². The van der Waals surface area contributed by atoms with Crippen LogP contribution in [0.4, 0.5) is 0 Å². The van der Waals surface area contributed by atoms with Crippen LogP contribution in [0.25, 0.3) is 0 Å². The standard InChI is InChI=1S/C19H34N2O3/c1-21(17(22)13-16-5-3-2-4-6-16)15-18(23)9-12-24-19(14-18)7-10-20-11-8-19/h16,20,23H,2-15H2,1H3. The van der Waals surface area contributed by atoms with Crippen LogP contribution in [0, 0.1) is 5.92 Å². The Balaban J connectivity index is 1.53. The molecule has 2 aliphatic heterocycles. The molecule has 0 aromatic heterocycles. The van der Waals surface area contributed by atoms with Gasteiger partial charge in [-0.1, -0.05) is 19.3 Å². The Kier molecular flexibility index (Phi) is 5.83. The fraction of sp³-hybridized carbons (Fsp3) is 0.947. The van der Waals surface area contributed by atoms with E-state index < -0.39 is 5.60 Å². The van der Waals surface area contributed by atoms with Gasteiger partial charge in [0.15, 0.2) is 0 Å². The zero-order chi connectivity index (χ0) is 17.0. The molecule has 2 N–H and O–H groups in total. The molecule has 1 amide bonds. The van der Waals surface area contributed by atoms with Crippen molar-refractivity contribution in [2.24, 2.45) is 5.92 Å². The maximum Gasteiger partial charge on any atom is 0.222 e. The number of carbonyl (C=O) groups is 1. The van der Waals surface area contributed by atoms with Crippen molar-refractivity contribution in [2.75, 3.05) is 33.3 Å². The maximum atomic E-state index is 12.6. The quantitative estimate of drug-likeness (QED) is 0.824. The normalized spacial score (nSPS) is 31.1. The molecule has 3 fully saturated rings. The van der Waals surface area contributed by atoms with Gasteiger partial charge >= 0.3 is 0 Å². The molecule has 3 aliphatic rings. The van der Waals surface area contributed by atoms with Crippen LogP contribution in [-0.4, -0.2) is 60.4 Å². The lowest BCUT2D eigenvalue weighted by atomic mass is 9.77. The van der Waals surface area contributed by atoms with E-state index in [2.05, 4.69) is 5.32 Å². The second kappa shape index (κ2) is 7.71. The molecule has 0 aromatic rings. The first-order valence-electron chi connectivity index (χ1n) is 9.81. The minimum Gasteiger partial charge on any atom is -0.388 e. The number of nitrogens with zero attached hydrogens (tertiary/aromatic N) is 1. The maximum absolute atomic E-state index is 12.6. The van der Waals surface area contributed by atoms with Crippen molar-refractivity contribution in [3.63, 3.8) is 0 Å². The Bertz CT molecular complexity index is 425. The molecule has 2 saturated heterocycles. The van der Waals surface area contributed by atoms with Gasteiger partial charge in [-0.3, -0.25) is 4.79 Å². The largest absolute Gasteiger partial charge is 0.388 e. The van der Waals surface area contributed by atoms with Gasteiger partial charge in [-0.15, -0.1) is 0 Å². The van der Waals surface area contributed by atoms with Crippen molar-refractivity contribution < 1.29 is 14.6 Å².